The maximum Gasteiger partial charge on any atom is 0.227 e. The molecule has 2 aliphatic heterocycles. The number of ketones is 2. The molecule has 2 aromatic heterocycles. The van der Waals surface area contributed by atoms with Crippen molar-refractivity contribution in [3.05, 3.63) is 131 Å². The number of nitrogens with one attached hydrogen (secondary N) is 2. The van der Waals surface area contributed by atoms with Crippen LogP contribution in [0.2, 0.25) is 0 Å². The number of carbonyl (C=O) groups is 4. The summed E-state index contributed by atoms with van der Waals surface area (Å²) in [5.41, 5.74) is 7.59. The molecule has 0 radical (unpaired) electrons. The summed E-state index contributed by atoms with van der Waals surface area (Å²) < 4.78 is 0. The summed E-state index contributed by atoms with van der Waals surface area (Å²) in [4.78, 5) is 63.7. The van der Waals surface area contributed by atoms with Gasteiger partial charge in [0.25, 0.3) is 0 Å². The molecule has 2 aliphatic rings. The molecule has 8 rings (SSSR count). The van der Waals surface area contributed by atoms with Gasteiger partial charge in [-0.05, 0) is 84.3 Å². The van der Waals surface area contributed by atoms with Gasteiger partial charge in [-0.1, -0.05) is 72.8 Å². The number of fused-ring (bicyclic) bond motifs is 2. The van der Waals surface area contributed by atoms with Gasteiger partial charge in [0.05, 0.1) is 36.3 Å². The minimum Gasteiger partial charge on any atom is -0.353 e. The lowest BCUT2D eigenvalue weighted by Crippen LogP contribution is -2.41. The lowest BCUT2D eigenvalue weighted by molar-refractivity contribution is -0.136. The molecule has 0 bridgehead atoms. The van der Waals surface area contributed by atoms with Crippen LogP contribution in [0.1, 0.15) is 47.9 Å². The molecule has 0 spiro atoms. The fourth-order valence-electron chi connectivity index (χ4n) is 8.06. The van der Waals surface area contributed by atoms with E-state index in [9.17, 15) is 19.2 Å². The van der Waals surface area contributed by atoms with Gasteiger partial charge in [-0.25, -0.2) is 0 Å². The van der Waals surface area contributed by atoms with Crippen LogP contribution >= 0.6 is 0 Å². The van der Waals surface area contributed by atoms with E-state index >= 15 is 0 Å². The Morgan fingerprint density at radius 2 is 0.923 bits per heavy atom. The van der Waals surface area contributed by atoms with Gasteiger partial charge in [0.15, 0.2) is 11.6 Å². The third-order valence-corrected chi connectivity index (χ3v) is 10.7. The molecule has 4 aromatic carbocycles. The average Bonchev–Trinajstić information content (AvgIpc) is 3.98. The lowest BCUT2D eigenvalue weighted by Gasteiger charge is -2.24. The topological polar surface area (TPSA) is 106 Å². The van der Waals surface area contributed by atoms with Crippen molar-refractivity contribution in [1.82, 2.24) is 19.8 Å². The highest BCUT2D eigenvalue weighted by atomic mass is 16.2. The number of aromatic nitrogens is 2. The molecule has 2 atom stereocenters. The molecule has 2 amide bonds. The number of nitrogens with zero attached hydrogens (tertiary/aromatic N) is 2. The molecule has 2 saturated heterocycles. The Morgan fingerprint density at radius 3 is 1.35 bits per heavy atom. The van der Waals surface area contributed by atoms with Crippen molar-refractivity contribution in [3.8, 4) is 11.4 Å². The lowest BCUT2D eigenvalue weighted by atomic mass is 10.0. The van der Waals surface area contributed by atoms with Crippen LogP contribution in [-0.2, 0) is 44.9 Å². The average molecular weight is 691 g/mol. The van der Waals surface area contributed by atoms with E-state index < -0.39 is 0 Å². The number of Topliss-reactive ketones (excluding diaryl/α,β-unsaturated/α-hetero) is 2. The van der Waals surface area contributed by atoms with E-state index in [0.717, 1.165) is 68.3 Å². The van der Waals surface area contributed by atoms with E-state index in [-0.39, 0.29) is 48.3 Å². The molecule has 4 heterocycles. The van der Waals surface area contributed by atoms with Crippen molar-refractivity contribution in [1.29, 1.82) is 0 Å². The molecular formula is C44H42N4O4. The first-order valence-electron chi connectivity index (χ1n) is 18.3. The number of hydrogen-bond donors (Lipinski definition) is 2. The normalized spacial score (nSPS) is 17.3. The van der Waals surface area contributed by atoms with Gasteiger partial charge in [-0.3, -0.25) is 19.2 Å². The van der Waals surface area contributed by atoms with E-state index in [1.165, 1.54) is 0 Å². The molecule has 52 heavy (non-hydrogen) atoms. The second-order valence-corrected chi connectivity index (χ2v) is 14.3. The van der Waals surface area contributed by atoms with Crippen molar-refractivity contribution in [2.75, 3.05) is 13.1 Å². The minimum atomic E-state index is -0.376. The number of benzene rings is 4. The second-order valence-electron chi connectivity index (χ2n) is 14.3. The summed E-state index contributed by atoms with van der Waals surface area (Å²) in [7, 11) is 0. The molecule has 6 aromatic rings. The van der Waals surface area contributed by atoms with Crippen molar-refractivity contribution >= 4 is 45.2 Å². The van der Waals surface area contributed by atoms with Gasteiger partial charge >= 0.3 is 0 Å². The molecule has 1 unspecified atom stereocenters. The van der Waals surface area contributed by atoms with Crippen molar-refractivity contribution in [2.24, 2.45) is 0 Å². The third kappa shape index (κ3) is 7.06. The highest BCUT2D eigenvalue weighted by molar-refractivity contribution is 5.95. The Kier molecular flexibility index (Phi) is 9.29. The smallest absolute Gasteiger partial charge is 0.227 e. The first kappa shape index (κ1) is 33.4. The van der Waals surface area contributed by atoms with E-state index in [4.69, 9.17) is 0 Å². The summed E-state index contributed by atoms with van der Waals surface area (Å²) in [6.07, 6.45) is 4.29. The van der Waals surface area contributed by atoms with Crippen LogP contribution in [0.4, 0.5) is 0 Å². The quantitative estimate of drug-likeness (QED) is 0.153. The SMILES string of the molecule is O=C(Cc1ccc2[nH]c(-c3cc4cc(CC(=O)[C@@H]5CCCN5C(=O)Cc5ccccc5)ccc4[nH]3)cc2c1)C1CCCN1C(=O)Cc1ccccc1. The number of hydrogen-bond acceptors (Lipinski definition) is 4. The highest BCUT2D eigenvalue weighted by Crippen LogP contribution is 2.30. The predicted molar refractivity (Wildman–Crippen MR) is 203 cm³/mol. The van der Waals surface area contributed by atoms with Gasteiger partial charge in [-0.15, -0.1) is 0 Å². The molecule has 8 nitrogen and oxygen atoms in total. The summed E-state index contributed by atoms with van der Waals surface area (Å²) in [5, 5.41) is 2.02. The zero-order chi connectivity index (χ0) is 35.6. The van der Waals surface area contributed by atoms with E-state index in [2.05, 4.69) is 34.2 Å². The Morgan fingerprint density at radius 1 is 0.500 bits per heavy atom. The zero-order valence-electron chi connectivity index (χ0n) is 29.1. The fourth-order valence-corrected chi connectivity index (χ4v) is 8.06. The molecule has 2 N–H and O–H groups in total. The number of H-pyrrole nitrogens is 2. The van der Waals surface area contributed by atoms with Crippen molar-refractivity contribution in [3.63, 3.8) is 0 Å². The number of amides is 2. The molecular weight excluding hydrogens is 649 g/mol. The first-order valence-corrected chi connectivity index (χ1v) is 18.3. The summed E-state index contributed by atoms with van der Waals surface area (Å²) in [6, 6.07) is 34.9. The number of aromatic amines is 2. The Balaban J connectivity index is 0.923. The fraction of sp³-hybridized carbons (Fsp3) is 0.273. The first-order chi connectivity index (χ1) is 25.4. The van der Waals surface area contributed by atoms with Crippen LogP contribution in [0.15, 0.2) is 109 Å². The number of rotatable bonds is 11. The molecule has 0 aliphatic carbocycles. The molecule has 8 heteroatoms. The maximum atomic E-state index is 13.5. The van der Waals surface area contributed by atoms with Crippen molar-refractivity contribution in [2.45, 2.75) is 63.5 Å². The monoisotopic (exact) mass is 690 g/mol. The molecule has 0 saturated carbocycles. The van der Waals surface area contributed by atoms with Crippen LogP contribution < -0.4 is 0 Å². The second kappa shape index (κ2) is 14.5. The maximum absolute atomic E-state index is 13.5. The highest BCUT2D eigenvalue weighted by Gasteiger charge is 2.35. The van der Waals surface area contributed by atoms with E-state index in [0.29, 0.717) is 38.8 Å². The standard InChI is InChI=1S/C44H42N4O4/c49-41(39-13-7-19-47(39)43(51)25-29-9-3-1-4-10-29)23-31-15-17-35-33(21-31)27-37(45-35)38-28-34-22-32(16-18-36(34)46-38)24-42(50)40-14-8-20-48(40)44(52)26-30-11-5-2-6-12-30/h1-6,9-12,15-18,21-22,27-28,39-40,45-46H,7-8,13-14,19-20,23-26H2/t39-,40?/m0/s1. The molecule has 262 valence electrons. The Bertz CT molecular complexity index is 2110. The largest absolute Gasteiger partial charge is 0.353 e. The van der Waals surface area contributed by atoms with Gasteiger partial charge < -0.3 is 19.8 Å². The summed E-state index contributed by atoms with van der Waals surface area (Å²) in [6.45, 7) is 1.25. The van der Waals surface area contributed by atoms with Gasteiger partial charge in [0.1, 0.15) is 0 Å². The van der Waals surface area contributed by atoms with Crippen LogP contribution in [0, 0.1) is 0 Å². The summed E-state index contributed by atoms with van der Waals surface area (Å²) in [5.74, 6) is 0.185. The number of carbonyl (C=O) groups excluding carboxylic acids is 4. The minimum absolute atomic E-state index is 0.0105. The van der Waals surface area contributed by atoms with Crippen LogP contribution in [0.3, 0.4) is 0 Å². The molecule has 2 fully saturated rings. The van der Waals surface area contributed by atoms with Gasteiger partial charge in [0.2, 0.25) is 11.8 Å². The van der Waals surface area contributed by atoms with Crippen LogP contribution in [0.25, 0.3) is 33.2 Å². The Labute approximate surface area is 302 Å². The predicted octanol–water partition coefficient (Wildman–Crippen LogP) is 7.01. The van der Waals surface area contributed by atoms with Gasteiger partial charge in [0, 0.05) is 47.7 Å². The van der Waals surface area contributed by atoms with E-state index in [1.54, 1.807) is 9.80 Å². The number of likely N-dealkylation sites (tertiary alicyclic amines) is 2. The van der Waals surface area contributed by atoms with Gasteiger partial charge in [-0.2, -0.15) is 0 Å². The van der Waals surface area contributed by atoms with Crippen LogP contribution in [-0.4, -0.2) is 68.3 Å². The van der Waals surface area contributed by atoms with Crippen molar-refractivity contribution < 1.29 is 19.2 Å². The zero-order valence-corrected chi connectivity index (χ0v) is 29.1. The Hall–Kier alpha value is -5.76. The third-order valence-electron chi connectivity index (χ3n) is 10.7. The van der Waals surface area contributed by atoms with E-state index in [1.807, 2.05) is 84.9 Å². The van der Waals surface area contributed by atoms with Crippen LogP contribution in [0.5, 0.6) is 0 Å². The summed E-state index contributed by atoms with van der Waals surface area (Å²) >= 11 is 0.